The lowest BCUT2D eigenvalue weighted by Crippen LogP contribution is -2.42. The third-order valence-corrected chi connectivity index (χ3v) is 3.49. The number of nitrogens with one attached hydrogen (secondary N) is 1. The summed E-state index contributed by atoms with van der Waals surface area (Å²) in [5.41, 5.74) is 0.358. The van der Waals surface area contributed by atoms with Crippen LogP contribution in [0.25, 0.3) is 0 Å². The van der Waals surface area contributed by atoms with Crippen LogP contribution in [-0.2, 0) is 4.74 Å². The number of halogens is 1. The maximum atomic E-state index is 13.9. The molecule has 1 unspecified atom stereocenters. The number of rotatable bonds is 4. The highest BCUT2D eigenvalue weighted by Crippen LogP contribution is 2.23. The van der Waals surface area contributed by atoms with Crippen molar-refractivity contribution in [1.29, 1.82) is 0 Å². The fourth-order valence-corrected chi connectivity index (χ4v) is 2.30. The van der Waals surface area contributed by atoms with Crippen molar-refractivity contribution in [2.24, 2.45) is 0 Å². The Morgan fingerprint density at radius 2 is 2.20 bits per heavy atom. The molecule has 5 nitrogen and oxygen atoms in total. The summed E-state index contributed by atoms with van der Waals surface area (Å²) in [6.07, 6.45) is -0.192. The van der Waals surface area contributed by atoms with Gasteiger partial charge in [-0.1, -0.05) is 0 Å². The number of ether oxygens (including phenoxy) is 1. The molecule has 0 amide bonds. The number of nitrogens with zero attached hydrogens (tertiary/aromatic N) is 3. The minimum atomic E-state index is -0.382. The summed E-state index contributed by atoms with van der Waals surface area (Å²) in [4.78, 5) is 10.9. The van der Waals surface area contributed by atoms with Crippen molar-refractivity contribution in [2.45, 2.75) is 39.8 Å². The lowest BCUT2D eigenvalue weighted by molar-refractivity contribution is -0.0443. The number of hydrogen-bond donors (Lipinski definition) is 1. The molecule has 0 saturated carbocycles. The molecule has 112 valence electrons. The monoisotopic (exact) mass is 282 g/mol. The number of hydrogen-bond acceptors (Lipinski definition) is 5. The van der Waals surface area contributed by atoms with Crippen molar-refractivity contribution in [1.82, 2.24) is 14.9 Å². The first-order valence-electron chi connectivity index (χ1n) is 7.16. The first-order valence-corrected chi connectivity index (χ1v) is 7.16. The van der Waals surface area contributed by atoms with Crippen LogP contribution in [0.2, 0.25) is 0 Å². The zero-order chi connectivity index (χ0) is 14.7. The summed E-state index contributed by atoms with van der Waals surface area (Å²) in [5.74, 6) is 0.442. The van der Waals surface area contributed by atoms with Crippen LogP contribution in [0.15, 0.2) is 0 Å². The smallest absolute Gasteiger partial charge is 0.186 e. The molecule has 0 aromatic carbocycles. The average Bonchev–Trinajstić information content (AvgIpc) is 2.44. The van der Waals surface area contributed by atoms with Gasteiger partial charge in [-0.2, -0.15) is 0 Å². The minimum absolute atomic E-state index is 0.192. The molecule has 2 heterocycles. The third kappa shape index (κ3) is 3.24. The molecule has 2 rings (SSSR count). The summed E-state index contributed by atoms with van der Waals surface area (Å²) in [6.45, 7) is 10.8. The van der Waals surface area contributed by atoms with E-state index in [0.29, 0.717) is 30.7 Å². The molecule has 6 heteroatoms. The van der Waals surface area contributed by atoms with Crippen LogP contribution in [0, 0.1) is 12.7 Å². The topological polar surface area (TPSA) is 50.3 Å². The van der Waals surface area contributed by atoms with Gasteiger partial charge in [0.15, 0.2) is 17.5 Å². The summed E-state index contributed by atoms with van der Waals surface area (Å²) in [5, 5.41) is 2.93. The normalized spacial score (nSPS) is 20.4. The van der Waals surface area contributed by atoms with Crippen LogP contribution in [0.5, 0.6) is 0 Å². The Morgan fingerprint density at radius 1 is 1.45 bits per heavy atom. The molecule has 20 heavy (non-hydrogen) atoms. The maximum absolute atomic E-state index is 13.9. The second kappa shape index (κ2) is 6.45. The van der Waals surface area contributed by atoms with E-state index < -0.39 is 0 Å². The number of morpholine rings is 1. The van der Waals surface area contributed by atoms with E-state index in [0.717, 1.165) is 13.1 Å². The standard InChI is InChI=1S/C14H23FN4O/c1-5-16-14-12(15)10(4)17-13(18-14)11-8-19(9(2)3)6-7-20-11/h9,11H,5-8H2,1-4H3,(H,16,17,18). The van der Waals surface area contributed by atoms with Gasteiger partial charge in [-0.3, -0.25) is 4.90 Å². The minimum Gasteiger partial charge on any atom is -0.368 e. The van der Waals surface area contributed by atoms with Crippen LogP contribution in [0.3, 0.4) is 0 Å². The van der Waals surface area contributed by atoms with Crippen molar-refractivity contribution < 1.29 is 9.13 Å². The Morgan fingerprint density at radius 3 is 2.85 bits per heavy atom. The van der Waals surface area contributed by atoms with Gasteiger partial charge < -0.3 is 10.1 Å². The average molecular weight is 282 g/mol. The number of aromatic nitrogens is 2. The molecule has 0 spiro atoms. The van der Waals surface area contributed by atoms with E-state index in [9.17, 15) is 4.39 Å². The van der Waals surface area contributed by atoms with Crippen molar-refractivity contribution in [2.75, 3.05) is 31.6 Å². The van der Waals surface area contributed by atoms with Gasteiger partial charge in [-0.05, 0) is 27.7 Å². The van der Waals surface area contributed by atoms with Gasteiger partial charge in [0.1, 0.15) is 6.10 Å². The molecule has 0 aliphatic carbocycles. The summed E-state index contributed by atoms with van der Waals surface area (Å²) < 4.78 is 19.7. The third-order valence-electron chi connectivity index (χ3n) is 3.49. The van der Waals surface area contributed by atoms with Crippen LogP contribution in [0.1, 0.15) is 38.4 Å². The van der Waals surface area contributed by atoms with E-state index >= 15 is 0 Å². The van der Waals surface area contributed by atoms with Gasteiger partial charge in [0.05, 0.1) is 12.3 Å². The molecule has 1 aliphatic heterocycles. The molecule has 1 fully saturated rings. The van der Waals surface area contributed by atoms with Crippen molar-refractivity contribution in [3.05, 3.63) is 17.3 Å². The largest absolute Gasteiger partial charge is 0.368 e. The van der Waals surface area contributed by atoms with Crippen LogP contribution >= 0.6 is 0 Å². The molecule has 0 bridgehead atoms. The highest BCUT2D eigenvalue weighted by Gasteiger charge is 2.27. The fraction of sp³-hybridized carbons (Fsp3) is 0.714. The van der Waals surface area contributed by atoms with Gasteiger partial charge >= 0.3 is 0 Å². The molecule has 1 saturated heterocycles. The molecule has 1 aromatic heterocycles. The Balaban J connectivity index is 2.23. The highest BCUT2D eigenvalue weighted by molar-refractivity contribution is 5.38. The predicted octanol–water partition coefficient (Wildman–Crippen LogP) is 2.14. The van der Waals surface area contributed by atoms with E-state index in [-0.39, 0.29) is 17.7 Å². The van der Waals surface area contributed by atoms with E-state index in [1.54, 1.807) is 6.92 Å². The molecule has 1 aromatic rings. The number of anilines is 1. The SMILES string of the molecule is CCNc1nc(C2CN(C(C)C)CCO2)nc(C)c1F. The summed E-state index contributed by atoms with van der Waals surface area (Å²) in [7, 11) is 0. The Hall–Kier alpha value is -1.27. The van der Waals surface area contributed by atoms with Crippen LogP contribution in [0.4, 0.5) is 10.2 Å². The Bertz CT molecular complexity index is 467. The molecular formula is C14H23FN4O. The quantitative estimate of drug-likeness (QED) is 0.917. The molecule has 1 atom stereocenters. The Kier molecular flexibility index (Phi) is 4.88. The number of aryl methyl sites for hydroxylation is 1. The molecule has 1 aliphatic rings. The highest BCUT2D eigenvalue weighted by atomic mass is 19.1. The van der Waals surface area contributed by atoms with E-state index in [4.69, 9.17) is 4.74 Å². The summed E-state index contributed by atoms with van der Waals surface area (Å²) >= 11 is 0. The van der Waals surface area contributed by atoms with Gasteiger partial charge in [0.2, 0.25) is 0 Å². The molecule has 0 radical (unpaired) electrons. The fourth-order valence-electron chi connectivity index (χ4n) is 2.30. The van der Waals surface area contributed by atoms with E-state index in [2.05, 4.69) is 34.0 Å². The predicted molar refractivity (Wildman–Crippen MR) is 76.3 cm³/mol. The maximum Gasteiger partial charge on any atom is 0.186 e. The Labute approximate surface area is 119 Å². The second-order valence-electron chi connectivity index (χ2n) is 5.31. The molecule has 1 N–H and O–H groups in total. The lowest BCUT2D eigenvalue weighted by atomic mass is 10.2. The van der Waals surface area contributed by atoms with Crippen LogP contribution in [-0.4, -0.2) is 47.2 Å². The van der Waals surface area contributed by atoms with Crippen molar-refractivity contribution in [3.63, 3.8) is 0 Å². The summed E-state index contributed by atoms with van der Waals surface area (Å²) in [6, 6.07) is 0.455. The second-order valence-corrected chi connectivity index (χ2v) is 5.31. The first-order chi connectivity index (χ1) is 9.52. The van der Waals surface area contributed by atoms with Crippen molar-refractivity contribution >= 4 is 5.82 Å². The zero-order valence-corrected chi connectivity index (χ0v) is 12.6. The van der Waals surface area contributed by atoms with Gasteiger partial charge in [0, 0.05) is 25.7 Å². The van der Waals surface area contributed by atoms with Gasteiger partial charge in [0.25, 0.3) is 0 Å². The van der Waals surface area contributed by atoms with Crippen molar-refractivity contribution in [3.8, 4) is 0 Å². The van der Waals surface area contributed by atoms with Crippen LogP contribution < -0.4 is 5.32 Å². The zero-order valence-electron chi connectivity index (χ0n) is 12.6. The first kappa shape index (κ1) is 15.1. The van der Waals surface area contributed by atoms with E-state index in [1.807, 2.05) is 6.92 Å². The molecular weight excluding hydrogens is 259 g/mol. The lowest BCUT2D eigenvalue weighted by Gasteiger charge is -2.34. The van der Waals surface area contributed by atoms with Gasteiger partial charge in [-0.15, -0.1) is 0 Å². The van der Waals surface area contributed by atoms with E-state index in [1.165, 1.54) is 0 Å². The van der Waals surface area contributed by atoms with Gasteiger partial charge in [-0.25, -0.2) is 14.4 Å².